The quantitative estimate of drug-likeness (QED) is 0.595. The molecule has 1 saturated heterocycles. The van der Waals surface area contributed by atoms with E-state index in [1.807, 2.05) is 6.20 Å². The van der Waals surface area contributed by atoms with Gasteiger partial charge in [0, 0.05) is 25.8 Å². The second-order valence-electron chi connectivity index (χ2n) is 4.68. The lowest BCUT2D eigenvalue weighted by atomic mass is 10.3. The zero-order chi connectivity index (χ0) is 13.3. The Morgan fingerprint density at radius 1 is 1.32 bits per heavy atom. The van der Waals surface area contributed by atoms with Crippen molar-refractivity contribution >= 4 is 0 Å². The van der Waals surface area contributed by atoms with Crippen molar-refractivity contribution < 1.29 is 9.84 Å². The normalized spacial score (nSPS) is 16.9. The first-order chi connectivity index (χ1) is 9.38. The van der Waals surface area contributed by atoms with Gasteiger partial charge < -0.3 is 15.2 Å². The second-order valence-corrected chi connectivity index (χ2v) is 4.68. The van der Waals surface area contributed by atoms with Gasteiger partial charge in [-0.25, -0.2) is 4.68 Å². The smallest absolute Gasteiger partial charge is 0.0964 e. The number of aromatic nitrogens is 3. The van der Waals surface area contributed by atoms with E-state index < -0.39 is 0 Å². The van der Waals surface area contributed by atoms with E-state index in [4.69, 9.17) is 9.84 Å². The van der Waals surface area contributed by atoms with Crippen molar-refractivity contribution in [1.29, 1.82) is 0 Å². The summed E-state index contributed by atoms with van der Waals surface area (Å²) in [6, 6.07) is 0. The molecule has 19 heavy (non-hydrogen) atoms. The summed E-state index contributed by atoms with van der Waals surface area (Å²) in [5.74, 6) is 0. The predicted octanol–water partition coefficient (Wildman–Crippen LogP) is -0.918. The van der Waals surface area contributed by atoms with Crippen molar-refractivity contribution in [2.24, 2.45) is 0 Å². The van der Waals surface area contributed by atoms with Gasteiger partial charge in [0.15, 0.2) is 0 Å². The van der Waals surface area contributed by atoms with Gasteiger partial charge >= 0.3 is 0 Å². The highest BCUT2D eigenvalue weighted by atomic mass is 16.5. The highest BCUT2D eigenvalue weighted by molar-refractivity contribution is 4.91. The Morgan fingerprint density at radius 3 is 2.95 bits per heavy atom. The standard InChI is InChI=1S/C12H23N5O2/c18-7-4-17-11-12(14-15-17)10-13-2-1-3-16-5-8-19-9-6-16/h11,13,18H,1-10H2. The maximum absolute atomic E-state index is 8.78. The molecule has 0 atom stereocenters. The molecule has 2 N–H and O–H groups in total. The molecule has 0 aliphatic carbocycles. The molecule has 7 nitrogen and oxygen atoms in total. The van der Waals surface area contributed by atoms with Crippen molar-refractivity contribution in [2.75, 3.05) is 46.0 Å². The van der Waals surface area contributed by atoms with Crippen LogP contribution in [0.25, 0.3) is 0 Å². The summed E-state index contributed by atoms with van der Waals surface area (Å²) < 4.78 is 6.97. The molecular weight excluding hydrogens is 246 g/mol. The number of rotatable bonds is 8. The summed E-state index contributed by atoms with van der Waals surface area (Å²) >= 11 is 0. The number of morpholine rings is 1. The van der Waals surface area contributed by atoms with Crippen molar-refractivity contribution in [1.82, 2.24) is 25.2 Å². The number of hydrogen-bond acceptors (Lipinski definition) is 6. The molecule has 0 aromatic carbocycles. The zero-order valence-corrected chi connectivity index (χ0v) is 11.3. The number of aliphatic hydroxyl groups is 1. The highest BCUT2D eigenvalue weighted by Gasteiger charge is 2.08. The van der Waals surface area contributed by atoms with Crippen LogP contribution < -0.4 is 5.32 Å². The maximum Gasteiger partial charge on any atom is 0.0964 e. The molecule has 0 spiro atoms. The Bertz CT molecular complexity index is 352. The Hall–Kier alpha value is -1.02. The average Bonchev–Trinajstić information content (AvgIpc) is 2.88. The number of ether oxygens (including phenoxy) is 1. The van der Waals surface area contributed by atoms with Gasteiger partial charge in [-0.15, -0.1) is 5.10 Å². The Labute approximate surface area is 113 Å². The fourth-order valence-electron chi connectivity index (χ4n) is 2.10. The van der Waals surface area contributed by atoms with Gasteiger partial charge in [0.05, 0.1) is 32.1 Å². The van der Waals surface area contributed by atoms with Crippen LogP contribution in [0.3, 0.4) is 0 Å². The molecule has 0 saturated carbocycles. The minimum absolute atomic E-state index is 0.0930. The average molecular weight is 269 g/mol. The summed E-state index contributed by atoms with van der Waals surface area (Å²) in [6.07, 6.45) is 3.00. The number of nitrogens with one attached hydrogen (secondary N) is 1. The molecular formula is C12H23N5O2. The molecule has 7 heteroatoms. The van der Waals surface area contributed by atoms with Gasteiger partial charge in [0.25, 0.3) is 0 Å². The molecule has 1 aliphatic rings. The molecule has 1 aliphatic heterocycles. The van der Waals surface area contributed by atoms with E-state index >= 15 is 0 Å². The molecule has 0 bridgehead atoms. The minimum atomic E-state index is 0.0930. The van der Waals surface area contributed by atoms with Gasteiger partial charge in [-0.1, -0.05) is 5.21 Å². The highest BCUT2D eigenvalue weighted by Crippen LogP contribution is 1.98. The van der Waals surface area contributed by atoms with Crippen LogP contribution in [0, 0.1) is 0 Å². The fraction of sp³-hybridized carbons (Fsp3) is 0.833. The summed E-state index contributed by atoms with van der Waals surface area (Å²) in [5, 5.41) is 20.1. The minimum Gasteiger partial charge on any atom is -0.394 e. The van der Waals surface area contributed by atoms with Crippen molar-refractivity contribution in [3.8, 4) is 0 Å². The molecule has 108 valence electrons. The fourth-order valence-corrected chi connectivity index (χ4v) is 2.10. The van der Waals surface area contributed by atoms with E-state index in [1.165, 1.54) is 0 Å². The number of nitrogens with zero attached hydrogens (tertiary/aromatic N) is 4. The predicted molar refractivity (Wildman–Crippen MR) is 70.7 cm³/mol. The largest absolute Gasteiger partial charge is 0.394 e. The van der Waals surface area contributed by atoms with Crippen LogP contribution in [-0.4, -0.2) is 71.0 Å². The monoisotopic (exact) mass is 269 g/mol. The van der Waals surface area contributed by atoms with E-state index in [1.54, 1.807) is 4.68 Å². The van der Waals surface area contributed by atoms with Crippen molar-refractivity contribution in [3.63, 3.8) is 0 Å². The molecule has 2 heterocycles. The Morgan fingerprint density at radius 2 is 2.16 bits per heavy atom. The van der Waals surface area contributed by atoms with Crippen molar-refractivity contribution in [2.45, 2.75) is 19.5 Å². The number of aliphatic hydroxyl groups excluding tert-OH is 1. The summed E-state index contributed by atoms with van der Waals surface area (Å²) in [7, 11) is 0. The van der Waals surface area contributed by atoms with Crippen LogP contribution >= 0.6 is 0 Å². The summed E-state index contributed by atoms with van der Waals surface area (Å²) in [4.78, 5) is 2.43. The second kappa shape index (κ2) is 8.21. The van der Waals surface area contributed by atoms with Gasteiger partial charge in [-0.05, 0) is 19.5 Å². The lowest BCUT2D eigenvalue weighted by Gasteiger charge is -2.26. The van der Waals surface area contributed by atoms with Crippen LogP contribution in [0.2, 0.25) is 0 Å². The van der Waals surface area contributed by atoms with Gasteiger partial charge in [-0.2, -0.15) is 0 Å². The maximum atomic E-state index is 8.78. The molecule has 0 unspecified atom stereocenters. The molecule has 1 aromatic heterocycles. The van der Waals surface area contributed by atoms with E-state index in [2.05, 4.69) is 20.5 Å². The third-order valence-electron chi connectivity index (χ3n) is 3.15. The third kappa shape index (κ3) is 5.23. The summed E-state index contributed by atoms with van der Waals surface area (Å²) in [6.45, 7) is 7.25. The molecule has 1 aromatic rings. The zero-order valence-electron chi connectivity index (χ0n) is 11.3. The SMILES string of the molecule is OCCn1cc(CNCCCN2CCOCC2)nn1. The first-order valence-electron chi connectivity index (χ1n) is 6.89. The van der Waals surface area contributed by atoms with E-state index in [-0.39, 0.29) is 6.61 Å². The van der Waals surface area contributed by atoms with Gasteiger partial charge in [-0.3, -0.25) is 4.90 Å². The lowest BCUT2D eigenvalue weighted by molar-refractivity contribution is 0.0374. The Kier molecular flexibility index (Phi) is 6.22. The lowest BCUT2D eigenvalue weighted by Crippen LogP contribution is -2.37. The van der Waals surface area contributed by atoms with Crippen LogP contribution in [0.4, 0.5) is 0 Å². The van der Waals surface area contributed by atoms with Crippen LogP contribution in [-0.2, 0) is 17.8 Å². The molecule has 2 rings (SSSR count). The van der Waals surface area contributed by atoms with Gasteiger partial charge in [0.2, 0.25) is 0 Å². The van der Waals surface area contributed by atoms with Crippen LogP contribution in [0.15, 0.2) is 6.20 Å². The molecule has 1 fully saturated rings. The third-order valence-corrected chi connectivity index (χ3v) is 3.15. The van der Waals surface area contributed by atoms with Crippen molar-refractivity contribution in [3.05, 3.63) is 11.9 Å². The van der Waals surface area contributed by atoms with E-state index in [0.717, 1.165) is 58.1 Å². The Balaban J connectivity index is 1.53. The summed E-state index contributed by atoms with van der Waals surface area (Å²) in [5.41, 5.74) is 0.917. The number of hydrogen-bond donors (Lipinski definition) is 2. The first-order valence-corrected chi connectivity index (χ1v) is 6.89. The van der Waals surface area contributed by atoms with E-state index in [0.29, 0.717) is 6.54 Å². The van der Waals surface area contributed by atoms with Crippen LogP contribution in [0.1, 0.15) is 12.1 Å². The van der Waals surface area contributed by atoms with Gasteiger partial charge in [0.1, 0.15) is 0 Å². The molecule has 0 amide bonds. The van der Waals surface area contributed by atoms with Crippen LogP contribution in [0.5, 0.6) is 0 Å². The molecule has 0 radical (unpaired) electrons. The van der Waals surface area contributed by atoms with E-state index in [9.17, 15) is 0 Å². The first kappa shape index (κ1) is 14.4. The topological polar surface area (TPSA) is 75.4 Å².